The Labute approximate surface area is 139 Å². The van der Waals surface area contributed by atoms with Crippen molar-refractivity contribution in [2.45, 2.75) is 71.2 Å². The van der Waals surface area contributed by atoms with Crippen LogP contribution in [-0.2, 0) is 22.7 Å². The second-order valence-corrected chi connectivity index (χ2v) is 7.49. The van der Waals surface area contributed by atoms with Crippen molar-refractivity contribution < 1.29 is 14.6 Å². The van der Waals surface area contributed by atoms with Crippen LogP contribution in [0.3, 0.4) is 0 Å². The van der Waals surface area contributed by atoms with Crippen molar-refractivity contribution in [3.8, 4) is 0 Å². The van der Waals surface area contributed by atoms with Gasteiger partial charge in [-0.3, -0.25) is 4.79 Å². The third kappa shape index (κ3) is 6.32. The number of hydrogen-bond donors (Lipinski definition) is 2. The summed E-state index contributed by atoms with van der Waals surface area (Å²) >= 11 is 0. The normalized spacial score (nSPS) is 22.0. The molecule has 4 heteroatoms. The molecule has 0 unspecified atom stereocenters. The van der Waals surface area contributed by atoms with Crippen molar-refractivity contribution in [3.05, 3.63) is 35.4 Å². The summed E-state index contributed by atoms with van der Waals surface area (Å²) in [4.78, 5) is 11.0. The van der Waals surface area contributed by atoms with Crippen LogP contribution in [0.4, 0.5) is 0 Å². The number of carboxylic acids is 1. The molecule has 0 aliphatic heterocycles. The topological polar surface area (TPSA) is 58.6 Å². The van der Waals surface area contributed by atoms with Gasteiger partial charge >= 0.3 is 5.97 Å². The van der Waals surface area contributed by atoms with E-state index in [0.717, 1.165) is 32.2 Å². The van der Waals surface area contributed by atoms with E-state index in [9.17, 15) is 4.79 Å². The average Bonchev–Trinajstić information content (AvgIpc) is 2.51. The zero-order valence-electron chi connectivity index (χ0n) is 14.5. The summed E-state index contributed by atoms with van der Waals surface area (Å²) < 4.78 is 5.82. The molecule has 1 aliphatic carbocycles. The SMILES string of the molecule is CC(C)(C)OCc1cccc(CNC2CCC(C(=O)O)CC2)c1. The van der Waals surface area contributed by atoms with E-state index in [0.29, 0.717) is 12.6 Å². The highest BCUT2D eigenvalue weighted by molar-refractivity contribution is 5.70. The zero-order valence-corrected chi connectivity index (χ0v) is 14.5. The minimum atomic E-state index is -0.644. The molecule has 128 valence electrons. The smallest absolute Gasteiger partial charge is 0.306 e. The maximum Gasteiger partial charge on any atom is 0.306 e. The van der Waals surface area contributed by atoms with Crippen molar-refractivity contribution in [1.82, 2.24) is 5.32 Å². The first-order chi connectivity index (χ1) is 10.8. The van der Waals surface area contributed by atoms with E-state index in [-0.39, 0.29) is 11.5 Å². The Balaban J connectivity index is 1.79. The molecule has 1 saturated carbocycles. The van der Waals surface area contributed by atoms with Gasteiger partial charge in [0.1, 0.15) is 0 Å². The lowest BCUT2D eigenvalue weighted by atomic mass is 9.86. The number of aliphatic carboxylic acids is 1. The van der Waals surface area contributed by atoms with Crippen LogP contribution < -0.4 is 5.32 Å². The lowest BCUT2D eigenvalue weighted by Crippen LogP contribution is -2.34. The fourth-order valence-electron chi connectivity index (χ4n) is 2.94. The summed E-state index contributed by atoms with van der Waals surface area (Å²) in [7, 11) is 0. The van der Waals surface area contributed by atoms with Gasteiger partial charge in [-0.2, -0.15) is 0 Å². The highest BCUT2D eigenvalue weighted by Crippen LogP contribution is 2.24. The monoisotopic (exact) mass is 319 g/mol. The predicted molar refractivity (Wildman–Crippen MR) is 91.2 cm³/mol. The molecule has 0 atom stereocenters. The Morgan fingerprint density at radius 3 is 2.48 bits per heavy atom. The minimum absolute atomic E-state index is 0.128. The van der Waals surface area contributed by atoms with Gasteiger partial charge in [0.25, 0.3) is 0 Å². The molecule has 0 spiro atoms. The van der Waals surface area contributed by atoms with Gasteiger partial charge in [-0.25, -0.2) is 0 Å². The second-order valence-electron chi connectivity index (χ2n) is 7.49. The van der Waals surface area contributed by atoms with E-state index < -0.39 is 5.97 Å². The molecule has 0 radical (unpaired) electrons. The third-order valence-electron chi connectivity index (χ3n) is 4.33. The number of benzene rings is 1. The van der Waals surface area contributed by atoms with Crippen LogP contribution in [-0.4, -0.2) is 22.7 Å². The lowest BCUT2D eigenvalue weighted by Gasteiger charge is -2.27. The number of carbonyl (C=O) groups is 1. The fourth-order valence-corrected chi connectivity index (χ4v) is 2.94. The lowest BCUT2D eigenvalue weighted by molar-refractivity contribution is -0.142. The molecule has 2 N–H and O–H groups in total. The van der Waals surface area contributed by atoms with Gasteiger partial charge in [0.05, 0.1) is 18.1 Å². The van der Waals surface area contributed by atoms with E-state index in [2.05, 4.69) is 50.4 Å². The van der Waals surface area contributed by atoms with E-state index in [1.54, 1.807) is 0 Å². The summed E-state index contributed by atoms with van der Waals surface area (Å²) in [5, 5.41) is 12.6. The van der Waals surface area contributed by atoms with Crippen LogP contribution in [0.2, 0.25) is 0 Å². The van der Waals surface area contributed by atoms with Gasteiger partial charge < -0.3 is 15.2 Å². The summed E-state index contributed by atoms with van der Waals surface area (Å²) in [5.41, 5.74) is 2.31. The molecule has 2 rings (SSSR count). The summed E-state index contributed by atoms with van der Waals surface area (Å²) in [5.74, 6) is -0.791. The van der Waals surface area contributed by atoms with Crippen molar-refractivity contribution in [2.24, 2.45) is 5.92 Å². The van der Waals surface area contributed by atoms with Gasteiger partial charge in [-0.1, -0.05) is 24.3 Å². The summed E-state index contributed by atoms with van der Waals surface area (Å²) in [6.45, 7) is 7.64. The fraction of sp³-hybridized carbons (Fsp3) is 0.632. The molecule has 0 bridgehead atoms. The molecule has 0 heterocycles. The van der Waals surface area contributed by atoms with Gasteiger partial charge in [-0.05, 0) is 57.6 Å². The molecule has 0 aromatic heterocycles. The summed E-state index contributed by atoms with van der Waals surface area (Å²) in [6, 6.07) is 8.89. The highest BCUT2D eigenvalue weighted by Gasteiger charge is 2.25. The molecule has 4 nitrogen and oxygen atoms in total. The Morgan fingerprint density at radius 1 is 1.22 bits per heavy atom. The summed E-state index contributed by atoms with van der Waals surface area (Å²) in [6.07, 6.45) is 3.46. The third-order valence-corrected chi connectivity index (χ3v) is 4.33. The Bertz CT molecular complexity index is 514. The van der Waals surface area contributed by atoms with Crippen LogP contribution in [0.15, 0.2) is 24.3 Å². The number of hydrogen-bond acceptors (Lipinski definition) is 3. The Kier molecular flexibility index (Phi) is 6.19. The highest BCUT2D eigenvalue weighted by atomic mass is 16.5. The Morgan fingerprint density at radius 2 is 1.87 bits per heavy atom. The van der Waals surface area contributed by atoms with Gasteiger partial charge in [0.15, 0.2) is 0 Å². The number of nitrogens with one attached hydrogen (secondary N) is 1. The largest absolute Gasteiger partial charge is 0.481 e. The second kappa shape index (κ2) is 7.93. The van der Waals surface area contributed by atoms with Crippen LogP contribution in [0.5, 0.6) is 0 Å². The molecule has 1 fully saturated rings. The van der Waals surface area contributed by atoms with Crippen LogP contribution in [0.25, 0.3) is 0 Å². The van der Waals surface area contributed by atoms with Crippen molar-refractivity contribution in [1.29, 1.82) is 0 Å². The maximum absolute atomic E-state index is 11.0. The van der Waals surface area contributed by atoms with Gasteiger partial charge in [-0.15, -0.1) is 0 Å². The van der Waals surface area contributed by atoms with Crippen LogP contribution in [0, 0.1) is 5.92 Å². The Hall–Kier alpha value is -1.39. The number of carboxylic acid groups (broad SMARTS) is 1. The number of rotatable bonds is 6. The zero-order chi connectivity index (χ0) is 16.9. The van der Waals surface area contributed by atoms with Gasteiger partial charge in [0, 0.05) is 12.6 Å². The van der Waals surface area contributed by atoms with Crippen molar-refractivity contribution in [2.75, 3.05) is 0 Å². The van der Waals surface area contributed by atoms with E-state index in [1.165, 1.54) is 11.1 Å². The molecule has 1 aromatic carbocycles. The van der Waals surface area contributed by atoms with Crippen LogP contribution in [0.1, 0.15) is 57.6 Å². The first-order valence-electron chi connectivity index (χ1n) is 8.51. The van der Waals surface area contributed by atoms with Crippen LogP contribution >= 0.6 is 0 Å². The molecule has 0 amide bonds. The molecular weight excluding hydrogens is 290 g/mol. The first-order valence-corrected chi connectivity index (χ1v) is 8.51. The quantitative estimate of drug-likeness (QED) is 0.839. The van der Waals surface area contributed by atoms with Crippen molar-refractivity contribution >= 4 is 5.97 Å². The van der Waals surface area contributed by atoms with E-state index >= 15 is 0 Å². The molecular formula is C19H29NO3. The first kappa shape index (κ1) is 18.0. The molecule has 23 heavy (non-hydrogen) atoms. The molecule has 0 saturated heterocycles. The van der Waals surface area contributed by atoms with Crippen molar-refractivity contribution in [3.63, 3.8) is 0 Å². The van der Waals surface area contributed by atoms with E-state index in [4.69, 9.17) is 9.84 Å². The molecule has 1 aliphatic rings. The average molecular weight is 319 g/mol. The standard InChI is InChI=1S/C19H29NO3/c1-19(2,3)23-13-15-6-4-5-14(11-15)12-20-17-9-7-16(8-10-17)18(21)22/h4-6,11,16-17,20H,7-10,12-13H2,1-3H3,(H,21,22). The predicted octanol–water partition coefficient (Wildman–Crippen LogP) is 3.73. The van der Waals surface area contributed by atoms with E-state index in [1.807, 2.05) is 0 Å². The number of ether oxygens (including phenoxy) is 1. The maximum atomic E-state index is 11.0. The van der Waals surface area contributed by atoms with Gasteiger partial charge in [0.2, 0.25) is 0 Å². The minimum Gasteiger partial charge on any atom is -0.481 e. The molecule has 1 aromatic rings.